The summed E-state index contributed by atoms with van der Waals surface area (Å²) in [6.07, 6.45) is 1.82. The minimum atomic E-state index is -0.217. The van der Waals surface area contributed by atoms with Crippen LogP contribution in [0, 0.1) is 0 Å². The van der Waals surface area contributed by atoms with Crippen molar-refractivity contribution >= 4 is 46.6 Å². The van der Waals surface area contributed by atoms with Crippen LogP contribution in [0.2, 0.25) is 10.0 Å². The summed E-state index contributed by atoms with van der Waals surface area (Å²) in [5.41, 5.74) is 2.61. The van der Waals surface area contributed by atoms with Crippen LogP contribution in [0.15, 0.2) is 59.2 Å². The first kappa shape index (κ1) is 14.8. The molecule has 3 nitrogen and oxygen atoms in total. The standard InChI is InChI=1S/C17H12Cl2N2O/c1-11-14(9-12-5-3-2-4-6-12)17(22)21(20-11)16-10-13(18)7-8-15(16)19/h2-10H,1H3/b14-9-. The van der Waals surface area contributed by atoms with Gasteiger partial charge in [0.25, 0.3) is 5.91 Å². The Kier molecular flexibility index (Phi) is 4.01. The summed E-state index contributed by atoms with van der Waals surface area (Å²) in [5, 5.41) is 6.53. The molecule has 3 rings (SSSR count). The molecule has 1 heterocycles. The van der Waals surface area contributed by atoms with Crippen LogP contribution >= 0.6 is 23.2 Å². The van der Waals surface area contributed by atoms with Crippen LogP contribution in [0.1, 0.15) is 12.5 Å². The molecule has 0 saturated heterocycles. The summed E-state index contributed by atoms with van der Waals surface area (Å²) in [6.45, 7) is 1.80. The fourth-order valence-corrected chi connectivity index (χ4v) is 2.58. The Balaban J connectivity index is 2.00. The number of hydrogen-bond acceptors (Lipinski definition) is 2. The maximum atomic E-state index is 12.6. The molecule has 5 heteroatoms. The fraction of sp³-hybridized carbons (Fsp3) is 0.0588. The summed E-state index contributed by atoms with van der Waals surface area (Å²) in [4.78, 5) is 12.6. The van der Waals surface area contributed by atoms with Gasteiger partial charge in [-0.3, -0.25) is 4.79 Å². The number of carbonyl (C=O) groups is 1. The van der Waals surface area contributed by atoms with Crippen molar-refractivity contribution in [1.82, 2.24) is 0 Å². The lowest BCUT2D eigenvalue weighted by atomic mass is 10.1. The van der Waals surface area contributed by atoms with Crippen molar-refractivity contribution in [3.05, 3.63) is 69.7 Å². The number of benzene rings is 2. The molecule has 22 heavy (non-hydrogen) atoms. The Bertz CT molecular complexity index is 798. The molecule has 1 aliphatic rings. The highest BCUT2D eigenvalue weighted by Gasteiger charge is 2.30. The Labute approximate surface area is 138 Å². The lowest BCUT2D eigenvalue weighted by molar-refractivity contribution is -0.114. The molecular weight excluding hydrogens is 319 g/mol. The molecule has 0 fully saturated rings. The largest absolute Gasteiger partial charge is 0.280 e. The number of nitrogens with zero attached hydrogens (tertiary/aromatic N) is 2. The maximum Gasteiger partial charge on any atom is 0.280 e. The molecular formula is C17H12Cl2N2O. The normalized spacial score (nSPS) is 16.3. The van der Waals surface area contributed by atoms with Crippen molar-refractivity contribution < 1.29 is 4.79 Å². The maximum absolute atomic E-state index is 12.6. The van der Waals surface area contributed by atoms with E-state index in [1.54, 1.807) is 25.1 Å². The number of anilines is 1. The van der Waals surface area contributed by atoms with Gasteiger partial charge in [0.1, 0.15) is 0 Å². The predicted molar refractivity (Wildman–Crippen MR) is 91.5 cm³/mol. The summed E-state index contributed by atoms with van der Waals surface area (Å²) in [6, 6.07) is 14.6. The van der Waals surface area contributed by atoms with E-state index >= 15 is 0 Å². The highest BCUT2D eigenvalue weighted by molar-refractivity contribution is 6.38. The number of amides is 1. The quantitative estimate of drug-likeness (QED) is 0.728. The van der Waals surface area contributed by atoms with Gasteiger partial charge >= 0.3 is 0 Å². The second-order valence-corrected chi connectivity index (χ2v) is 5.71. The van der Waals surface area contributed by atoms with Gasteiger partial charge in [0.15, 0.2) is 0 Å². The van der Waals surface area contributed by atoms with Gasteiger partial charge in [0.2, 0.25) is 0 Å². The first-order valence-electron chi connectivity index (χ1n) is 6.68. The smallest absolute Gasteiger partial charge is 0.267 e. The van der Waals surface area contributed by atoms with Crippen LogP contribution < -0.4 is 5.01 Å². The average Bonchev–Trinajstić information content (AvgIpc) is 2.79. The van der Waals surface area contributed by atoms with Gasteiger partial charge in [0, 0.05) is 5.02 Å². The Morgan fingerprint density at radius 2 is 1.82 bits per heavy atom. The van der Waals surface area contributed by atoms with E-state index in [-0.39, 0.29) is 5.91 Å². The van der Waals surface area contributed by atoms with Crippen molar-refractivity contribution in [2.45, 2.75) is 6.92 Å². The van der Waals surface area contributed by atoms with Gasteiger partial charge < -0.3 is 0 Å². The van der Waals surface area contributed by atoms with Crippen LogP contribution in [0.5, 0.6) is 0 Å². The van der Waals surface area contributed by atoms with E-state index in [9.17, 15) is 4.79 Å². The Morgan fingerprint density at radius 1 is 1.09 bits per heavy atom. The van der Waals surface area contributed by atoms with Crippen molar-refractivity contribution in [3.8, 4) is 0 Å². The molecule has 1 amide bonds. The van der Waals surface area contributed by atoms with Crippen molar-refractivity contribution in [1.29, 1.82) is 0 Å². The predicted octanol–water partition coefficient (Wildman–Crippen LogP) is 4.80. The number of rotatable bonds is 2. The Hall–Kier alpha value is -2.10. The molecule has 0 N–H and O–H groups in total. The first-order valence-corrected chi connectivity index (χ1v) is 7.43. The fourth-order valence-electron chi connectivity index (χ4n) is 2.21. The molecule has 0 aliphatic carbocycles. The van der Waals surface area contributed by atoms with E-state index in [1.807, 2.05) is 36.4 Å². The molecule has 0 radical (unpaired) electrons. The van der Waals surface area contributed by atoms with E-state index < -0.39 is 0 Å². The monoisotopic (exact) mass is 330 g/mol. The number of hydrogen-bond donors (Lipinski definition) is 0. The van der Waals surface area contributed by atoms with Crippen LogP contribution in [-0.2, 0) is 4.79 Å². The van der Waals surface area contributed by atoms with E-state index in [0.29, 0.717) is 27.0 Å². The van der Waals surface area contributed by atoms with Gasteiger partial charge in [-0.25, -0.2) is 0 Å². The minimum Gasteiger partial charge on any atom is -0.267 e. The summed E-state index contributed by atoms with van der Waals surface area (Å²) in [7, 11) is 0. The molecule has 110 valence electrons. The zero-order valence-corrected chi connectivity index (χ0v) is 13.3. The topological polar surface area (TPSA) is 32.7 Å². The molecule has 2 aromatic carbocycles. The number of hydrazone groups is 1. The van der Waals surface area contributed by atoms with Crippen molar-refractivity contribution in [3.63, 3.8) is 0 Å². The molecule has 1 aliphatic heterocycles. The lowest BCUT2D eigenvalue weighted by Gasteiger charge is -2.13. The summed E-state index contributed by atoms with van der Waals surface area (Å²) >= 11 is 12.1. The van der Waals surface area contributed by atoms with Crippen LogP contribution in [0.3, 0.4) is 0 Å². The van der Waals surface area contributed by atoms with Gasteiger partial charge in [-0.1, -0.05) is 53.5 Å². The zero-order valence-electron chi connectivity index (χ0n) is 11.8. The van der Waals surface area contributed by atoms with Crippen molar-refractivity contribution in [2.24, 2.45) is 5.10 Å². The molecule has 0 saturated carbocycles. The molecule has 0 unspecified atom stereocenters. The SMILES string of the molecule is CC1=NN(c2cc(Cl)ccc2Cl)C(=O)/C1=C\c1ccccc1. The second-order valence-electron chi connectivity index (χ2n) is 4.87. The lowest BCUT2D eigenvalue weighted by Crippen LogP contribution is -2.21. The Morgan fingerprint density at radius 3 is 2.55 bits per heavy atom. The van der Waals surface area contributed by atoms with Gasteiger partial charge in [-0.2, -0.15) is 10.1 Å². The number of carbonyl (C=O) groups excluding carboxylic acids is 1. The van der Waals surface area contributed by atoms with E-state index in [1.165, 1.54) is 5.01 Å². The third-order valence-corrected chi connectivity index (χ3v) is 3.86. The van der Waals surface area contributed by atoms with Crippen LogP contribution in [0.25, 0.3) is 6.08 Å². The molecule has 0 bridgehead atoms. The van der Waals surface area contributed by atoms with Crippen LogP contribution in [-0.4, -0.2) is 11.6 Å². The zero-order chi connectivity index (χ0) is 15.7. The van der Waals surface area contributed by atoms with E-state index in [4.69, 9.17) is 23.2 Å². The average molecular weight is 331 g/mol. The van der Waals surface area contributed by atoms with E-state index in [0.717, 1.165) is 5.56 Å². The van der Waals surface area contributed by atoms with Crippen molar-refractivity contribution in [2.75, 3.05) is 5.01 Å². The van der Waals surface area contributed by atoms with Gasteiger partial charge in [0.05, 0.1) is 22.0 Å². The molecule has 0 atom stereocenters. The number of halogens is 2. The third kappa shape index (κ3) is 2.78. The minimum absolute atomic E-state index is 0.217. The van der Waals surface area contributed by atoms with Gasteiger partial charge in [-0.05, 0) is 36.8 Å². The molecule has 0 spiro atoms. The van der Waals surface area contributed by atoms with E-state index in [2.05, 4.69) is 5.10 Å². The molecule has 2 aromatic rings. The highest BCUT2D eigenvalue weighted by Crippen LogP contribution is 2.33. The van der Waals surface area contributed by atoms with Crippen LogP contribution in [0.4, 0.5) is 5.69 Å². The van der Waals surface area contributed by atoms with Gasteiger partial charge in [-0.15, -0.1) is 0 Å². The third-order valence-electron chi connectivity index (χ3n) is 3.31. The first-order chi connectivity index (χ1) is 10.6. The highest BCUT2D eigenvalue weighted by atomic mass is 35.5. The second kappa shape index (κ2) is 5.95. The summed E-state index contributed by atoms with van der Waals surface area (Å²) < 4.78 is 0. The molecule has 0 aromatic heterocycles. The summed E-state index contributed by atoms with van der Waals surface area (Å²) in [5.74, 6) is -0.217.